The lowest BCUT2D eigenvalue weighted by molar-refractivity contribution is -0.131. The van der Waals surface area contributed by atoms with E-state index in [9.17, 15) is 9.59 Å². The van der Waals surface area contributed by atoms with Crippen LogP contribution in [0.1, 0.15) is 24.0 Å². The van der Waals surface area contributed by atoms with E-state index in [0.29, 0.717) is 18.6 Å². The molecule has 2 amide bonds. The molecule has 2 rings (SSSR count). The maximum atomic E-state index is 11.3. The molecule has 16 heavy (non-hydrogen) atoms. The molecule has 0 N–H and O–H groups in total. The first-order valence-electron chi connectivity index (χ1n) is 5.21. The largest absolute Gasteiger partial charge is 0.273 e. The summed E-state index contributed by atoms with van der Waals surface area (Å²) in [6.45, 7) is 2.03. The van der Waals surface area contributed by atoms with Crippen LogP contribution in [0, 0.1) is 6.92 Å². The number of nitrogens with zero attached hydrogens (tertiary/aromatic N) is 1. The van der Waals surface area contributed by atoms with Gasteiger partial charge in [-0.2, -0.15) is 0 Å². The van der Waals surface area contributed by atoms with E-state index in [-0.39, 0.29) is 11.8 Å². The van der Waals surface area contributed by atoms with Crippen LogP contribution in [0.25, 0.3) is 0 Å². The number of hydrogen-bond donors (Lipinski definition) is 0. The minimum absolute atomic E-state index is 0.0675. The van der Waals surface area contributed by atoms with Crippen LogP contribution in [-0.4, -0.2) is 16.1 Å². The molecule has 1 saturated heterocycles. The highest BCUT2D eigenvalue weighted by Gasteiger charge is 2.29. The Morgan fingerprint density at radius 1 is 1.12 bits per heavy atom. The number of benzene rings is 1. The second-order valence-electron chi connectivity index (χ2n) is 3.84. The molecule has 0 saturated carbocycles. The fourth-order valence-corrected chi connectivity index (χ4v) is 2.46. The normalized spacial score (nSPS) is 15.9. The van der Waals surface area contributed by atoms with E-state index in [1.807, 2.05) is 31.2 Å². The quantitative estimate of drug-likeness (QED) is 0.596. The molecular formula is C12H13NO2S. The second-order valence-corrected chi connectivity index (χ2v) is 4.75. The van der Waals surface area contributed by atoms with Gasteiger partial charge in [-0.15, -0.1) is 0 Å². The molecule has 0 atom stereocenters. The Balaban J connectivity index is 1.94. The van der Waals surface area contributed by atoms with Crippen molar-refractivity contribution in [1.82, 2.24) is 4.31 Å². The first-order chi connectivity index (χ1) is 7.66. The van der Waals surface area contributed by atoms with Gasteiger partial charge in [0.05, 0.1) is 0 Å². The lowest BCUT2D eigenvalue weighted by Gasteiger charge is -2.11. The molecule has 0 spiro atoms. The Bertz CT molecular complexity index is 398. The molecule has 0 aromatic heterocycles. The lowest BCUT2D eigenvalue weighted by Crippen LogP contribution is -2.21. The van der Waals surface area contributed by atoms with Crippen LogP contribution in [-0.2, 0) is 15.3 Å². The van der Waals surface area contributed by atoms with E-state index in [1.165, 1.54) is 21.8 Å². The van der Waals surface area contributed by atoms with E-state index in [4.69, 9.17) is 0 Å². The van der Waals surface area contributed by atoms with Crippen LogP contribution in [0.5, 0.6) is 0 Å². The van der Waals surface area contributed by atoms with Gasteiger partial charge < -0.3 is 0 Å². The second kappa shape index (κ2) is 4.70. The van der Waals surface area contributed by atoms with Crippen molar-refractivity contribution in [1.29, 1.82) is 0 Å². The van der Waals surface area contributed by atoms with Gasteiger partial charge in [0, 0.05) is 18.6 Å². The molecule has 0 aliphatic carbocycles. The van der Waals surface area contributed by atoms with E-state index in [1.54, 1.807) is 0 Å². The van der Waals surface area contributed by atoms with Gasteiger partial charge in [0.15, 0.2) is 0 Å². The Kier molecular flexibility index (Phi) is 3.29. The molecule has 4 heteroatoms. The number of carbonyl (C=O) groups excluding carboxylic acids is 2. The van der Waals surface area contributed by atoms with Crippen molar-refractivity contribution < 1.29 is 9.59 Å². The predicted molar refractivity (Wildman–Crippen MR) is 63.6 cm³/mol. The van der Waals surface area contributed by atoms with Gasteiger partial charge in [-0.1, -0.05) is 29.8 Å². The maximum Gasteiger partial charge on any atom is 0.239 e. The fourth-order valence-electron chi connectivity index (χ4n) is 1.52. The highest BCUT2D eigenvalue weighted by Crippen LogP contribution is 2.24. The van der Waals surface area contributed by atoms with Gasteiger partial charge in [0.25, 0.3) is 0 Å². The predicted octanol–water partition coefficient (Wildman–Crippen LogP) is 2.29. The summed E-state index contributed by atoms with van der Waals surface area (Å²) in [5.41, 5.74) is 2.34. The fraction of sp³-hybridized carbons (Fsp3) is 0.333. The minimum atomic E-state index is -0.0675. The Labute approximate surface area is 99.0 Å². The summed E-state index contributed by atoms with van der Waals surface area (Å²) in [4.78, 5) is 22.7. The van der Waals surface area contributed by atoms with Gasteiger partial charge in [-0.05, 0) is 24.4 Å². The maximum absolute atomic E-state index is 11.3. The van der Waals surface area contributed by atoms with Crippen molar-refractivity contribution in [3.05, 3.63) is 35.4 Å². The number of aryl methyl sites for hydroxylation is 1. The highest BCUT2D eigenvalue weighted by atomic mass is 32.2. The van der Waals surface area contributed by atoms with Gasteiger partial charge in [0.2, 0.25) is 11.8 Å². The van der Waals surface area contributed by atoms with Crippen LogP contribution < -0.4 is 0 Å². The molecule has 1 aromatic rings. The van der Waals surface area contributed by atoms with E-state index in [2.05, 4.69) is 0 Å². The van der Waals surface area contributed by atoms with Crippen molar-refractivity contribution in [2.24, 2.45) is 0 Å². The molecular weight excluding hydrogens is 222 g/mol. The van der Waals surface area contributed by atoms with Crippen molar-refractivity contribution in [2.45, 2.75) is 25.5 Å². The topological polar surface area (TPSA) is 37.4 Å². The van der Waals surface area contributed by atoms with E-state index < -0.39 is 0 Å². The number of imide groups is 1. The number of amides is 2. The molecule has 3 nitrogen and oxygen atoms in total. The molecule has 84 valence electrons. The first-order valence-corrected chi connectivity index (χ1v) is 6.15. The molecule has 0 unspecified atom stereocenters. The molecule has 0 bridgehead atoms. The molecule has 1 aliphatic rings. The van der Waals surface area contributed by atoms with Gasteiger partial charge in [0.1, 0.15) is 0 Å². The lowest BCUT2D eigenvalue weighted by atomic mass is 10.2. The average Bonchev–Trinajstić information content (AvgIpc) is 2.59. The highest BCUT2D eigenvalue weighted by molar-refractivity contribution is 7.97. The van der Waals surface area contributed by atoms with E-state index >= 15 is 0 Å². The molecule has 1 heterocycles. The first kappa shape index (κ1) is 11.2. The summed E-state index contributed by atoms with van der Waals surface area (Å²) < 4.78 is 1.29. The summed E-state index contributed by atoms with van der Waals surface area (Å²) in [5.74, 6) is 0.529. The number of hydrogen-bond acceptors (Lipinski definition) is 3. The van der Waals surface area contributed by atoms with Crippen LogP contribution >= 0.6 is 11.9 Å². The number of rotatable bonds is 3. The van der Waals surface area contributed by atoms with Crippen LogP contribution in [0.4, 0.5) is 0 Å². The zero-order chi connectivity index (χ0) is 11.5. The zero-order valence-electron chi connectivity index (χ0n) is 9.10. The van der Waals surface area contributed by atoms with Gasteiger partial charge in [-0.25, -0.2) is 4.31 Å². The Morgan fingerprint density at radius 2 is 1.69 bits per heavy atom. The van der Waals surface area contributed by atoms with Crippen molar-refractivity contribution in [2.75, 3.05) is 0 Å². The van der Waals surface area contributed by atoms with Crippen molar-refractivity contribution in [3.63, 3.8) is 0 Å². The average molecular weight is 235 g/mol. The SMILES string of the molecule is Cc1ccc(CSN2C(=O)CCC2=O)cc1. The van der Waals surface area contributed by atoms with Crippen molar-refractivity contribution >= 4 is 23.8 Å². The number of carbonyl (C=O) groups is 2. The summed E-state index contributed by atoms with van der Waals surface area (Å²) >= 11 is 1.29. The Morgan fingerprint density at radius 3 is 2.25 bits per heavy atom. The molecule has 0 radical (unpaired) electrons. The summed E-state index contributed by atoms with van der Waals surface area (Å²) in [6, 6.07) is 8.10. The van der Waals surface area contributed by atoms with Gasteiger partial charge in [-0.3, -0.25) is 9.59 Å². The smallest absolute Gasteiger partial charge is 0.239 e. The van der Waals surface area contributed by atoms with E-state index in [0.717, 1.165) is 5.56 Å². The monoisotopic (exact) mass is 235 g/mol. The Hall–Kier alpha value is -1.29. The molecule has 1 aliphatic heterocycles. The van der Waals surface area contributed by atoms with Crippen LogP contribution in [0.15, 0.2) is 24.3 Å². The summed E-state index contributed by atoms with van der Waals surface area (Å²) in [5, 5.41) is 0. The summed E-state index contributed by atoms with van der Waals surface area (Å²) in [7, 11) is 0. The third-order valence-corrected chi connectivity index (χ3v) is 3.61. The zero-order valence-corrected chi connectivity index (χ0v) is 9.92. The van der Waals surface area contributed by atoms with Crippen LogP contribution in [0.2, 0.25) is 0 Å². The van der Waals surface area contributed by atoms with Crippen molar-refractivity contribution in [3.8, 4) is 0 Å². The van der Waals surface area contributed by atoms with Gasteiger partial charge >= 0.3 is 0 Å². The van der Waals surface area contributed by atoms with Crippen LogP contribution in [0.3, 0.4) is 0 Å². The third kappa shape index (κ3) is 2.44. The summed E-state index contributed by atoms with van der Waals surface area (Å²) in [6.07, 6.45) is 0.722. The molecule has 1 fully saturated rings. The molecule has 1 aromatic carbocycles. The third-order valence-electron chi connectivity index (χ3n) is 2.49. The standard InChI is InChI=1S/C12H13NO2S/c1-9-2-4-10(5-3-9)8-16-13-11(14)6-7-12(13)15/h2-5H,6-8H2,1H3. The minimum Gasteiger partial charge on any atom is -0.273 e.